The summed E-state index contributed by atoms with van der Waals surface area (Å²) < 4.78 is 5.06. The number of hydrogen-bond donors (Lipinski definition) is 1. The quantitative estimate of drug-likeness (QED) is 0.832. The van der Waals surface area contributed by atoms with Gasteiger partial charge in [0.2, 0.25) is 0 Å². The number of amides is 1. The summed E-state index contributed by atoms with van der Waals surface area (Å²) in [5, 5.41) is 6.08. The Morgan fingerprint density at radius 3 is 2.70 bits per heavy atom. The van der Waals surface area contributed by atoms with Crippen LogP contribution in [0, 0.1) is 6.92 Å². The second kappa shape index (κ2) is 7.05. The first-order valence-electron chi connectivity index (χ1n) is 6.52. The third-order valence-corrected chi connectivity index (χ3v) is 3.90. The number of hydrogen-bond acceptors (Lipinski definition) is 4. The normalized spacial score (nSPS) is 10.3. The van der Waals surface area contributed by atoms with Crippen LogP contribution in [0.15, 0.2) is 29.6 Å². The maximum absolute atomic E-state index is 11.9. The Morgan fingerprint density at radius 2 is 2.10 bits per heavy atom. The molecule has 0 saturated heterocycles. The molecule has 0 aliphatic carbocycles. The van der Waals surface area contributed by atoms with Crippen molar-refractivity contribution in [2.24, 2.45) is 0 Å². The number of benzene rings is 1. The van der Waals surface area contributed by atoms with E-state index in [9.17, 15) is 4.79 Å². The Labute approximate surface area is 122 Å². The van der Waals surface area contributed by atoms with Crippen LogP contribution >= 0.6 is 11.3 Å². The predicted octanol–water partition coefficient (Wildman–Crippen LogP) is 2.82. The van der Waals surface area contributed by atoms with Gasteiger partial charge in [-0.05, 0) is 37.6 Å². The average molecular weight is 290 g/mol. The van der Waals surface area contributed by atoms with Crippen molar-refractivity contribution in [2.45, 2.75) is 19.8 Å². The van der Waals surface area contributed by atoms with Crippen LogP contribution < -0.4 is 10.1 Å². The molecule has 1 amide bonds. The highest BCUT2D eigenvalue weighted by Crippen LogP contribution is 2.12. The molecule has 0 spiro atoms. The van der Waals surface area contributed by atoms with Gasteiger partial charge < -0.3 is 10.1 Å². The fourth-order valence-corrected chi connectivity index (χ4v) is 2.62. The number of thiazole rings is 1. The van der Waals surface area contributed by atoms with E-state index in [2.05, 4.69) is 10.3 Å². The summed E-state index contributed by atoms with van der Waals surface area (Å²) in [4.78, 5) is 16.3. The molecule has 20 heavy (non-hydrogen) atoms. The van der Waals surface area contributed by atoms with Gasteiger partial charge in [-0.1, -0.05) is 0 Å². The molecule has 1 aromatic heterocycles. The molecule has 0 aliphatic heterocycles. The lowest BCUT2D eigenvalue weighted by molar-refractivity contribution is 0.0953. The van der Waals surface area contributed by atoms with Crippen molar-refractivity contribution in [2.75, 3.05) is 13.7 Å². The zero-order valence-corrected chi connectivity index (χ0v) is 12.5. The number of aromatic nitrogens is 1. The van der Waals surface area contributed by atoms with E-state index in [1.54, 1.807) is 42.7 Å². The van der Waals surface area contributed by atoms with Crippen LogP contribution in [0.3, 0.4) is 0 Å². The lowest BCUT2D eigenvalue weighted by Crippen LogP contribution is -2.24. The minimum Gasteiger partial charge on any atom is -0.497 e. The molecule has 0 bridgehead atoms. The number of carbonyl (C=O) groups excluding carboxylic acids is 1. The van der Waals surface area contributed by atoms with Crippen LogP contribution in [0.2, 0.25) is 0 Å². The number of aryl methyl sites for hydroxylation is 2. The summed E-state index contributed by atoms with van der Waals surface area (Å²) in [6, 6.07) is 7.09. The Balaban J connectivity index is 1.74. The van der Waals surface area contributed by atoms with E-state index < -0.39 is 0 Å². The van der Waals surface area contributed by atoms with Crippen molar-refractivity contribution in [3.8, 4) is 5.75 Å². The van der Waals surface area contributed by atoms with Crippen molar-refractivity contribution in [3.05, 3.63) is 45.9 Å². The second-order valence-electron chi connectivity index (χ2n) is 4.47. The molecule has 2 aromatic rings. The Kier molecular flexibility index (Phi) is 5.12. The fraction of sp³-hybridized carbons (Fsp3) is 0.333. The molecule has 0 atom stereocenters. The molecule has 4 nitrogen and oxygen atoms in total. The van der Waals surface area contributed by atoms with E-state index >= 15 is 0 Å². The number of nitrogens with zero attached hydrogens (tertiary/aromatic N) is 1. The molecule has 0 radical (unpaired) electrons. The Morgan fingerprint density at radius 1 is 1.35 bits per heavy atom. The Hall–Kier alpha value is -1.88. The molecule has 0 fully saturated rings. The summed E-state index contributed by atoms with van der Waals surface area (Å²) in [5.74, 6) is 0.698. The maximum Gasteiger partial charge on any atom is 0.251 e. The molecule has 0 aliphatic rings. The minimum atomic E-state index is -0.0528. The zero-order chi connectivity index (χ0) is 14.4. The first kappa shape index (κ1) is 14.5. The SMILES string of the molecule is COc1ccc(C(=O)NCCCc2nc(C)cs2)cc1. The average Bonchev–Trinajstić information content (AvgIpc) is 2.89. The maximum atomic E-state index is 11.9. The van der Waals surface area contributed by atoms with Gasteiger partial charge in [-0.15, -0.1) is 11.3 Å². The minimum absolute atomic E-state index is 0.0528. The van der Waals surface area contributed by atoms with Gasteiger partial charge in [-0.3, -0.25) is 4.79 Å². The lowest BCUT2D eigenvalue weighted by Gasteiger charge is -2.05. The summed E-state index contributed by atoms with van der Waals surface area (Å²) >= 11 is 1.67. The molecule has 1 N–H and O–H groups in total. The van der Waals surface area contributed by atoms with E-state index in [1.165, 1.54) is 0 Å². The second-order valence-corrected chi connectivity index (χ2v) is 5.41. The van der Waals surface area contributed by atoms with Crippen LogP contribution in [0.1, 0.15) is 27.5 Å². The van der Waals surface area contributed by atoms with Gasteiger partial charge >= 0.3 is 0 Å². The highest BCUT2D eigenvalue weighted by molar-refractivity contribution is 7.09. The van der Waals surface area contributed by atoms with Crippen LogP contribution in [-0.4, -0.2) is 24.5 Å². The number of rotatable bonds is 6. The molecule has 1 aromatic carbocycles. The van der Waals surface area contributed by atoms with E-state index in [1.807, 2.05) is 12.3 Å². The van der Waals surface area contributed by atoms with E-state index in [0.717, 1.165) is 29.3 Å². The molecule has 5 heteroatoms. The van der Waals surface area contributed by atoms with Crippen LogP contribution in [0.5, 0.6) is 5.75 Å². The summed E-state index contributed by atoms with van der Waals surface area (Å²) in [5.41, 5.74) is 1.71. The van der Waals surface area contributed by atoms with E-state index in [-0.39, 0.29) is 5.91 Å². The summed E-state index contributed by atoms with van der Waals surface area (Å²) in [7, 11) is 1.61. The molecule has 106 valence electrons. The van der Waals surface area contributed by atoms with Crippen molar-refractivity contribution < 1.29 is 9.53 Å². The third kappa shape index (κ3) is 4.06. The fourth-order valence-electron chi connectivity index (χ4n) is 1.80. The first-order chi connectivity index (χ1) is 9.69. The summed E-state index contributed by atoms with van der Waals surface area (Å²) in [6.45, 7) is 2.65. The number of nitrogens with one attached hydrogen (secondary N) is 1. The van der Waals surface area contributed by atoms with Crippen molar-refractivity contribution in [1.29, 1.82) is 0 Å². The van der Waals surface area contributed by atoms with Crippen LogP contribution in [-0.2, 0) is 6.42 Å². The highest BCUT2D eigenvalue weighted by atomic mass is 32.1. The topological polar surface area (TPSA) is 51.2 Å². The van der Waals surface area contributed by atoms with Crippen molar-refractivity contribution in [3.63, 3.8) is 0 Å². The third-order valence-electron chi connectivity index (χ3n) is 2.87. The van der Waals surface area contributed by atoms with Gasteiger partial charge in [-0.25, -0.2) is 4.98 Å². The number of methoxy groups -OCH3 is 1. The van der Waals surface area contributed by atoms with Gasteiger partial charge in [0.25, 0.3) is 5.91 Å². The van der Waals surface area contributed by atoms with Gasteiger partial charge in [0.15, 0.2) is 0 Å². The van der Waals surface area contributed by atoms with Crippen LogP contribution in [0.25, 0.3) is 0 Å². The monoisotopic (exact) mass is 290 g/mol. The van der Waals surface area contributed by atoms with Crippen molar-refractivity contribution >= 4 is 17.2 Å². The van der Waals surface area contributed by atoms with Gasteiger partial charge in [-0.2, -0.15) is 0 Å². The van der Waals surface area contributed by atoms with Crippen LogP contribution in [0.4, 0.5) is 0 Å². The molecule has 1 heterocycles. The molecular weight excluding hydrogens is 272 g/mol. The van der Waals surface area contributed by atoms with Gasteiger partial charge in [0, 0.05) is 29.6 Å². The molecule has 2 rings (SSSR count). The standard InChI is InChI=1S/C15H18N2O2S/c1-11-10-20-14(17-11)4-3-9-16-15(18)12-5-7-13(19-2)8-6-12/h5-8,10H,3-4,9H2,1-2H3,(H,16,18). The molecular formula is C15H18N2O2S. The summed E-state index contributed by atoms with van der Waals surface area (Å²) in [6.07, 6.45) is 1.80. The smallest absolute Gasteiger partial charge is 0.251 e. The number of ether oxygens (including phenoxy) is 1. The Bertz CT molecular complexity index is 564. The first-order valence-corrected chi connectivity index (χ1v) is 7.40. The largest absolute Gasteiger partial charge is 0.497 e. The molecule has 0 saturated carbocycles. The van der Waals surface area contributed by atoms with Gasteiger partial charge in [0.05, 0.1) is 12.1 Å². The molecule has 0 unspecified atom stereocenters. The highest BCUT2D eigenvalue weighted by Gasteiger charge is 2.05. The van der Waals surface area contributed by atoms with E-state index in [4.69, 9.17) is 4.74 Å². The predicted molar refractivity (Wildman–Crippen MR) is 80.5 cm³/mol. The lowest BCUT2D eigenvalue weighted by atomic mass is 10.2. The van der Waals surface area contributed by atoms with E-state index in [0.29, 0.717) is 12.1 Å². The van der Waals surface area contributed by atoms with Gasteiger partial charge in [0.1, 0.15) is 5.75 Å². The zero-order valence-electron chi connectivity index (χ0n) is 11.7. The van der Waals surface area contributed by atoms with Crippen molar-refractivity contribution in [1.82, 2.24) is 10.3 Å². The number of carbonyl (C=O) groups is 1.